The first kappa shape index (κ1) is 29.7. The van der Waals surface area contributed by atoms with Crippen molar-refractivity contribution in [1.82, 2.24) is 0 Å². The van der Waals surface area contributed by atoms with Crippen LogP contribution in [-0.4, -0.2) is 61.1 Å². The van der Waals surface area contributed by atoms with Gasteiger partial charge in [-0.2, -0.15) is 52.7 Å². The molecular weight excluding hydrogens is 448 g/mol. The maximum atomic E-state index is 12.1. The van der Waals surface area contributed by atoms with Gasteiger partial charge >= 0.3 is 30.7 Å². The Balaban J connectivity index is 0. The van der Waals surface area contributed by atoms with Crippen LogP contribution in [0.4, 0.5) is 52.7 Å². The molecule has 0 aliphatic carbocycles. The fraction of sp³-hybridized carbons (Fsp3) is 0.917. The van der Waals surface area contributed by atoms with Gasteiger partial charge in [0.05, 0.1) is 13.2 Å². The summed E-state index contributed by atoms with van der Waals surface area (Å²) in [6, 6.07) is -5.18. The number of ether oxygens (including phenoxy) is 1. The van der Waals surface area contributed by atoms with Crippen LogP contribution in [0.5, 0.6) is 0 Å². The highest BCUT2D eigenvalue weighted by molar-refractivity contribution is 5.76. The van der Waals surface area contributed by atoms with Crippen molar-refractivity contribution >= 4 is 5.97 Å². The van der Waals surface area contributed by atoms with Gasteiger partial charge in [0.1, 0.15) is 6.04 Å². The molecule has 0 aromatic rings. The Labute approximate surface area is 154 Å². The molecule has 5 nitrogen and oxygen atoms in total. The van der Waals surface area contributed by atoms with Gasteiger partial charge in [-0.05, 0) is 6.92 Å². The SMILES string of the molecule is CCOC(=O)C(N)C(C(F)(F)F)C(F)(F)F.NC(CO)C(C(F)(F)F)C(F)(F)F. The largest absolute Gasteiger partial charge is 0.465 e. The molecule has 0 aliphatic rings. The lowest BCUT2D eigenvalue weighted by atomic mass is 9.99. The summed E-state index contributed by atoms with van der Waals surface area (Å²) in [7, 11) is 0. The van der Waals surface area contributed by atoms with E-state index in [2.05, 4.69) is 16.2 Å². The minimum Gasteiger partial charge on any atom is -0.465 e. The van der Waals surface area contributed by atoms with Gasteiger partial charge in [0, 0.05) is 6.04 Å². The molecule has 0 aliphatic heterocycles. The van der Waals surface area contributed by atoms with E-state index < -0.39 is 61.2 Å². The van der Waals surface area contributed by atoms with Gasteiger partial charge in [-0.15, -0.1) is 0 Å². The van der Waals surface area contributed by atoms with Crippen LogP contribution in [0.1, 0.15) is 6.92 Å². The number of aliphatic hydroxyl groups is 1. The molecule has 5 N–H and O–H groups in total. The predicted molar refractivity (Wildman–Crippen MR) is 70.9 cm³/mol. The van der Waals surface area contributed by atoms with Crippen LogP contribution < -0.4 is 11.5 Å². The number of esters is 1. The van der Waals surface area contributed by atoms with E-state index in [0.717, 1.165) is 0 Å². The Morgan fingerprint density at radius 2 is 1.10 bits per heavy atom. The van der Waals surface area contributed by atoms with E-state index in [1.54, 1.807) is 0 Å². The topological polar surface area (TPSA) is 98.6 Å². The Bertz CT molecular complexity index is 472. The standard InChI is InChI=1S/C7H9F6NO2.C5H7F6NO/c1-2-16-5(15)3(14)4(6(8,9)10)7(11,12)13;6-4(7,8)3(2(12)1-13)5(9,10)11/h3-4H,2,14H2,1H3;2-3,13H,1,12H2. The average Bonchev–Trinajstić information content (AvgIpc) is 2.41. The number of aliphatic hydroxyl groups excluding tert-OH is 1. The van der Waals surface area contributed by atoms with Gasteiger partial charge in [-0.1, -0.05) is 0 Å². The third-order valence-electron chi connectivity index (χ3n) is 2.97. The smallest absolute Gasteiger partial charge is 0.402 e. The summed E-state index contributed by atoms with van der Waals surface area (Å²) in [5.41, 5.74) is 9.10. The van der Waals surface area contributed by atoms with Crippen LogP contribution in [0.3, 0.4) is 0 Å². The molecule has 0 radical (unpaired) electrons. The third-order valence-corrected chi connectivity index (χ3v) is 2.97. The highest BCUT2D eigenvalue weighted by Crippen LogP contribution is 2.41. The first-order valence-electron chi connectivity index (χ1n) is 7.17. The van der Waals surface area contributed by atoms with Crippen LogP contribution in [0.15, 0.2) is 0 Å². The minimum atomic E-state index is -5.65. The highest BCUT2D eigenvalue weighted by atomic mass is 19.4. The molecule has 0 aromatic heterocycles. The maximum Gasteiger partial charge on any atom is 0.402 e. The number of hydrogen-bond acceptors (Lipinski definition) is 5. The van der Waals surface area contributed by atoms with E-state index in [9.17, 15) is 57.5 Å². The third kappa shape index (κ3) is 10.2. The second-order valence-electron chi connectivity index (χ2n) is 5.25. The average molecular weight is 464 g/mol. The first-order valence-corrected chi connectivity index (χ1v) is 7.17. The van der Waals surface area contributed by atoms with E-state index in [4.69, 9.17) is 5.11 Å². The quantitative estimate of drug-likeness (QED) is 0.430. The summed E-state index contributed by atoms with van der Waals surface area (Å²) in [6.45, 7) is -0.487. The molecular formula is C12H16F12N2O3. The summed E-state index contributed by atoms with van der Waals surface area (Å²) < 4.78 is 147. The van der Waals surface area contributed by atoms with Gasteiger partial charge in [0.2, 0.25) is 0 Å². The van der Waals surface area contributed by atoms with Crippen molar-refractivity contribution in [3.63, 3.8) is 0 Å². The molecule has 2 atom stereocenters. The zero-order valence-corrected chi connectivity index (χ0v) is 14.2. The van der Waals surface area contributed by atoms with Gasteiger partial charge in [0.25, 0.3) is 0 Å². The van der Waals surface area contributed by atoms with Crippen LogP contribution in [0.2, 0.25) is 0 Å². The van der Waals surface area contributed by atoms with Gasteiger partial charge in [-0.25, -0.2) is 0 Å². The Hall–Kier alpha value is -1.49. The normalized spacial score (nSPS) is 15.7. The number of halogens is 12. The molecule has 0 saturated heterocycles. The molecule has 0 amide bonds. The predicted octanol–water partition coefficient (Wildman–Crippen LogP) is 2.66. The number of rotatable bonds is 5. The molecule has 0 fully saturated rings. The first-order chi connectivity index (χ1) is 12.6. The van der Waals surface area contributed by atoms with Gasteiger partial charge in [-0.3, -0.25) is 4.79 Å². The molecule has 29 heavy (non-hydrogen) atoms. The number of carbonyl (C=O) groups excluding carboxylic acids is 1. The van der Waals surface area contributed by atoms with E-state index in [1.165, 1.54) is 6.92 Å². The number of alkyl halides is 12. The fourth-order valence-electron chi connectivity index (χ4n) is 1.74. The number of hydrogen-bond donors (Lipinski definition) is 3. The summed E-state index contributed by atoms with van der Waals surface area (Å²) >= 11 is 0. The highest BCUT2D eigenvalue weighted by Gasteiger charge is 2.61. The summed E-state index contributed by atoms with van der Waals surface area (Å²) in [4.78, 5) is 10.7. The molecule has 0 rings (SSSR count). The zero-order valence-electron chi connectivity index (χ0n) is 14.2. The Morgan fingerprint density at radius 3 is 1.28 bits per heavy atom. The molecule has 0 heterocycles. The van der Waals surface area contributed by atoms with E-state index in [1.807, 2.05) is 0 Å². The maximum absolute atomic E-state index is 12.1. The second kappa shape index (κ2) is 10.5. The fourth-order valence-corrected chi connectivity index (χ4v) is 1.74. The van der Waals surface area contributed by atoms with E-state index >= 15 is 0 Å². The van der Waals surface area contributed by atoms with Crippen LogP contribution in [-0.2, 0) is 9.53 Å². The van der Waals surface area contributed by atoms with Crippen molar-refractivity contribution in [2.45, 2.75) is 43.7 Å². The summed E-state index contributed by atoms with van der Waals surface area (Å²) in [5, 5.41) is 8.11. The molecule has 0 bridgehead atoms. The molecule has 2 unspecified atom stereocenters. The number of carbonyl (C=O) groups is 1. The van der Waals surface area contributed by atoms with Crippen molar-refractivity contribution in [1.29, 1.82) is 0 Å². The van der Waals surface area contributed by atoms with Crippen LogP contribution in [0.25, 0.3) is 0 Å². The summed E-state index contributed by atoms with van der Waals surface area (Å²) in [6.07, 6.45) is -22.3. The van der Waals surface area contributed by atoms with E-state index in [0.29, 0.717) is 0 Å². The van der Waals surface area contributed by atoms with Crippen molar-refractivity contribution in [3.05, 3.63) is 0 Å². The lowest BCUT2D eigenvalue weighted by Crippen LogP contribution is -2.53. The molecule has 17 heteroatoms. The van der Waals surface area contributed by atoms with Crippen LogP contribution in [0, 0.1) is 11.8 Å². The lowest BCUT2D eigenvalue weighted by molar-refractivity contribution is -0.291. The van der Waals surface area contributed by atoms with Crippen molar-refractivity contribution in [2.24, 2.45) is 23.3 Å². The Morgan fingerprint density at radius 1 is 0.793 bits per heavy atom. The van der Waals surface area contributed by atoms with Gasteiger partial charge in [0.15, 0.2) is 11.8 Å². The monoisotopic (exact) mass is 464 g/mol. The van der Waals surface area contributed by atoms with Crippen LogP contribution >= 0.6 is 0 Å². The lowest BCUT2D eigenvalue weighted by Gasteiger charge is -2.26. The second-order valence-corrected chi connectivity index (χ2v) is 5.25. The summed E-state index contributed by atoms with van der Waals surface area (Å²) in [5.74, 6) is -9.33. The zero-order chi connectivity index (χ0) is 24.0. The number of nitrogens with two attached hydrogens (primary N) is 2. The van der Waals surface area contributed by atoms with Gasteiger partial charge < -0.3 is 21.3 Å². The van der Waals surface area contributed by atoms with Crippen molar-refractivity contribution in [2.75, 3.05) is 13.2 Å². The van der Waals surface area contributed by atoms with Crippen molar-refractivity contribution in [3.8, 4) is 0 Å². The Kier molecular flexibility index (Phi) is 10.8. The van der Waals surface area contributed by atoms with E-state index in [-0.39, 0.29) is 6.61 Å². The molecule has 0 saturated carbocycles. The molecule has 176 valence electrons. The van der Waals surface area contributed by atoms with Crippen molar-refractivity contribution < 1.29 is 67.3 Å². The minimum absolute atomic E-state index is 0.352. The molecule has 0 aromatic carbocycles. The molecule has 0 spiro atoms.